The molecule has 174 valence electrons. The van der Waals surface area contributed by atoms with Crippen LogP contribution in [0, 0.1) is 20.8 Å². The molecule has 0 saturated carbocycles. The summed E-state index contributed by atoms with van der Waals surface area (Å²) >= 11 is 10.6. The average Bonchev–Trinajstić information content (AvgIpc) is 3.03. The van der Waals surface area contributed by atoms with Gasteiger partial charge in [-0.25, -0.2) is 9.59 Å². The second-order valence-corrected chi connectivity index (χ2v) is 9.41. The number of thiophene rings is 1. The summed E-state index contributed by atoms with van der Waals surface area (Å²) in [6, 6.07) is 1.73. The molecule has 2 rings (SSSR count). The van der Waals surface area contributed by atoms with Crippen molar-refractivity contribution in [1.29, 1.82) is 0 Å². The molecule has 32 heavy (non-hydrogen) atoms. The molecular weight excluding hydrogens is 522 g/mol. The van der Waals surface area contributed by atoms with E-state index >= 15 is 0 Å². The first-order chi connectivity index (χ1) is 15.0. The predicted molar refractivity (Wildman–Crippen MR) is 128 cm³/mol. The van der Waals surface area contributed by atoms with Gasteiger partial charge in [-0.15, -0.1) is 11.3 Å². The molecule has 0 spiro atoms. The number of anilines is 1. The lowest BCUT2D eigenvalue weighted by Crippen LogP contribution is -2.21. The molecule has 0 fully saturated rings. The van der Waals surface area contributed by atoms with E-state index in [1.54, 1.807) is 33.8 Å². The van der Waals surface area contributed by atoms with Crippen LogP contribution in [0.15, 0.2) is 10.5 Å². The van der Waals surface area contributed by atoms with Gasteiger partial charge in [0.2, 0.25) is 0 Å². The summed E-state index contributed by atoms with van der Waals surface area (Å²) in [6.45, 7) is 10.3. The Balaban J connectivity index is 2.26. The van der Waals surface area contributed by atoms with Crippen LogP contribution in [0.5, 0.6) is 5.75 Å². The van der Waals surface area contributed by atoms with Crippen LogP contribution in [-0.4, -0.2) is 37.2 Å². The Morgan fingerprint density at radius 2 is 1.81 bits per heavy atom. The molecule has 0 saturated heterocycles. The van der Waals surface area contributed by atoms with E-state index < -0.39 is 17.8 Å². The van der Waals surface area contributed by atoms with Crippen LogP contribution in [0.4, 0.5) is 5.00 Å². The second kappa shape index (κ2) is 11.2. The van der Waals surface area contributed by atoms with Crippen LogP contribution in [0.25, 0.3) is 0 Å². The molecule has 0 bridgehead atoms. The van der Waals surface area contributed by atoms with Crippen LogP contribution in [-0.2, 0) is 14.3 Å². The summed E-state index contributed by atoms with van der Waals surface area (Å²) in [7, 11) is 0. The quantitative estimate of drug-likeness (QED) is 0.418. The van der Waals surface area contributed by atoms with E-state index in [9.17, 15) is 14.4 Å². The van der Waals surface area contributed by atoms with Gasteiger partial charge < -0.3 is 19.5 Å². The fourth-order valence-electron chi connectivity index (χ4n) is 2.82. The van der Waals surface area contributed by atoms with E-state index in [2.05, 4.69) is 21.2 Å². The summed E-state index contributed by atoms with van der Waals surface area (Å²) in [6.07, 6.45) is -0.328. The summed E-state index contributed by atoms with van der Waals surface area (Å²) in [5.74, 6) is -1.24. The molecule has 7 nitrogen and oxygen atoms in total. The van der Waals surface area contributed by atoms with Gasteiger partial charge in [-0.1, -0.05) is 11.6 Å². The van der Waals surface area contributed by atoms with Crippen molar-refractivity contribution >= 4 is 61.7 Å². The van der Waals surface area contributed by atoms with E-state index in [1.165, 1.54) is 0 Å². The number of halogens is 2. The lowest BCUT2D eigenvalue weighted by molar-refractivity contribution is -0.118. The Kier molecular flexibility index (Phi) is 9.12. The van der Waals surface area contributed by atoms with E-state index in [0.29, 0.717) is 20.8 Å². The molecule has 1 aromatic heterocycles. The maximum Gasteiger partial charge on any atom is 0.348 e. The number of ether oxygens (including phenoxy) is 3. The van der Waals surface area contributed by atoms with Gasteiger partial charge in [0.15, 0.2) is 6.61 Å². The zero-order valence-corrected chi connectivity index (χ0v) is 21.8. The standard InChI is InChI=1S/C22H25BrClNO6S/c1-7-29-21(27)16-12(5)19(22(28)31-10(2)3)32-20(16)25-15(26)9-30-14-8-11(4)18(24)13(6)17(14)23/h8,10H,7,9H2,1-6H3,(H,25,26). The number of hydrogen-bond acceptors (Lipinski definition) is 7. The van der Waals surface area contributed by atoms with Crippen molar-refractivity contribution in [3.05, 3.63) is 42.7 Å². The number of benzene rings is 1. The van der Waals surface area contributed by atoms with Crippen LogP contribution in [0.1, 0.15) is 57.5 Å². The first kappa shape index (κ1) is 26.2. The lowest BCUT2D eigenvalue weighted by Gasteiger charge is -2.13. The highest BCUT2D eigenvalue weighted by Gasteiger charge is 2.28. The van der Waals surface area contributed by atoms with Gasteiger partial charge >= 0.3 is 11.9 Å². The Hall–Kier alpha value is -2.10. The minimum Gasteiger partial charge on any atom is -0.483 e. The zero-order chi connectivity index (χ0) is 24.2. The van der Waals surface area contributed by atoms with E-state index in [0.717, 1.165) is 22.5 Å². The van der Waals surface area contributed by atoms with Crippen LogP contribution >= 0.6 is 38.9 Å². The Morgan fingerprint density at radius 1 is 1.16 bits per heavy atom. The highest BCUT2D eigenvalue weighted by Crippen LogP contribution is 2.36. The largest absolute Gasteiger partial charge is 0.483 e. The molecule has 0 unspecified atom stereocenters. The minimum atomic E-state index is -0.632. The topological polar surface area (TPSA) is 90.9 Å². The highest BCUT2D eigenvalue weighted by molar-refractivity contribution is 9.10. The number of carbonyl (C=O) groups is 3. The number of hydrogen-bond donors (Lipinski definition) is 1. The van der Waals surface area contributed by atoms with Crippen molar-refractivity contribution in [1.82, 2.24) is 0 Å². The van der Waals surface area contributed by atoms with Gasteiger partial charge in [-0.05, 0) is 80.2 Å². The lowest BCUT2D eigenvalue weighted by atomic mass is 10.1. The van der Waals surface area contributed by atoms with Crippen molar-refractivity contribution in [3.63, 3.8) is 0 Å². The Labute approximate surface area is 204 Å². The van der Waals surface area contributed by atoms with Gasteiger partial charge in [0.1, 0.15) is 15.6 Å². The molecule has 0 aliphatic carbocycles. The third-order valence-corrected chi connectivity index (χ3v) is 7.09. The van der Waals surface area contributed by atoms with Gasteiger partial charge in [-0.3, -0.25) is 4.79 Å². The number of rotatable bonds is 8. The van der Waals surface area contributed by atoms with Crippen molar-refractivity contribution in [2.24, 2.45) is 0 Å². The smallest absolute Gasteiger partial charge is 0.348 e. The average molecular weight is 547 g/mol. The third-order valence-electron chi connectivity index (χ3n) is 4.33. The van der Waals surface area contributed by atoms with Gasteiger partial charge in [0.05, 0.1) is 22.7 Å². The molecule has 1 aromatic carbocycles. The van der Waals surface area contributed by atoms with Gasteiger partial charge in [0, 0.05) is 5.02 Å². The molecule has 10 heteroatoms. The van der Waals surface area contributed by atoms with Gasteiger partial charge in [0.25, 0.3) is 5.91 Å². The normalized spacial score (nSPS) is 10.8. The summed E-state index contributed by atoms with van der Waals surface area (Å²) in [5.41, 5.74) is 2.13. The molecule has 2 aromatic rings. The number of nitrogens with one attached hydrogen (secondary N) is 1. The zero-order valence-electron chi connectivity index (χ0n) is 18.7. The van der Waals surface area contributed by atoms with Crippen LogP contribution < -0.4 is 10.1 Å². The van der Waals surface area contributed by atoms with Crippen molar-refractivity contribution < 1.29 is 28.6 Å². The number of amides is 1. The van der Waals surface area contributed by atoms with Crippen LogP contribution in [0.2, 0.25) is 5.02 Å². The molecule has 0 aliphatic rings. The molecule has 0 atom stereocenters. The summed E-state index contributed by atoms with van der Waals surface area (Å²) in [4.78, 5) is 37.7. The van der Waals surface area contributed by atoms with E-state index in [1.807, 2.05) is 13.8 Å². The molecule has 0 radical (unpaired) electrons. The third kappa shape index (κ3) is 6.02. The maximum absolute atomic E-state index is 12.6. The Bertz CT molecular complexity index is 1050. The number of carbonyl (C=O) groups excluding carboxylic acids is 3. The van der Waals surface area contributed by atoms with Crippen molar-refractivity contribution in [2.75, 3.05) is 18.5 Å². The first-order valence-corrected chi connectivity index (χ1v) is 11.9. The summed E-state index contributed by atoms with van der Waals surface area (Å²) < 4.78 is 16.7. The second-order valence-electron chi connectivity index (χ2n) is 7.22. The van der Waals surface area contributed by atoms with Crippen LogP contribution in [0.3, 0.4) is 0 Å². The van der Waals surface area contributed by atoms with E-state index in [-0.39, 0.29) is 34.8 Å². The molecule has 1 amide bonds. The Morgan fingerprint density at radius 3 is 2.41 bits per heavy atom. The first-order valence-electron chi connectivity index (χ1n) is 9.87. The highest BCUT2D eigenvalue weighted by atomic mass is 79.9. The minimum absolute atomic E-state index is 0.125. The molecular formula is C22H25BrClNO6S. The van der Waals surface area contributed by atoms with Gasteiger partial charge in [-0.2, -0.15) is 0 Å². The fraction of sp³-hybridized carbons (Fsp3) is 0.409. The van der Waals surface area contributed by atoms with E-state index in [4.69, 9.17) is 25.8 Å². The molecule has 0 aliphatic heterocycles. The fourth-order valence-corrected chi connectivity index (χ4v) is 4.61. The monoisotopic (exact) mass is 545 g/mol. The number of esters is 2. The number of aryl methyl sites for hydroxylation is 1. The van der Waals surface area contributed by atoms with Crippen molar-refractivity contribution in [2.45, 2.75) is 47.6 Å². The molecule has 1 heterocycles. The SMILES string of the molecule is CCOC(=O)c1c(NC(=O)COc2cc(C)c(Cl)c(C)c2Br)sc(C(=O)OC(C)C)c1C. The molecule has 1 N–H and O–H groups in total. The summed E-state index contributed by atoms with van der Waals surface area (Å²) in [5, 5.41) is 3.47. The predicted octanol–water partition coefficient (Wildman–Crippen LogP) is 5.85. The maximum atomic E-state index is 12.6. The van der Waals surface area contributed by atoms with Crippen molar-refractivity contribution in [3.8, 4) is 5.75 Å².